The van der Waals surface area contributed by atoms with Gasteiger partial charge in [0, 0.05) is 40.1 Å². The van der Waals surface area contributed by atoms with Crippen molar-refractivity contribution in [3.05, 3.63) is 116 Å². The smallest absolute Gasteiger partial charge is 0.0548 e. The highest BCUT2D eigenvalue weighted by atomic mass is 127. The van der Waals surface area contributed by atoms with Gasteiger partial charge in [0.05, 0.1) is 22.1 Å². The second-order valence-electron chi connectivity index (χ2n) is 8.54. The number of nitrogens with zero attached hydrogens (tertiary/aromatic N) is 2. The molecular formula is C30H18I2N2. The van der Waals surface area contributed by atoms with Crippen LogP contribution in [-0.2, 0) is 0 Å². The van der Waals surface area contributed by atoms with E-state index in [9.17, 15) is 0 Å². The third-order valence-corrected chi connectivity index (χ3v) is 8.07. The first-order valence-corrected chi connectivity index (χ1v) is 13.3. The van der Waals surface area contributed by atoms with Gasteiger partial charge in [-0.1, -0.05) is 36.4 Å². The van der Waals surface area contributed by atoms with Crippen LogP contribution >= 0.6 is 45.2 Å². The molecule has 2 aromatic heterocycles. The van der Waals surface area contributed by atoms with Gasteiger partial charge >= 0.3 is 0 Å². The van der Waals surface area contributed by atoms with E-state index in [1.807, 2.05) is 0 Å². The second-order valence-corrected chi connectivity index (χ2v) is 11.0. The van der Waals surface area contributed by atoms with E-state index in [2.05, 4.69) is 164 Å². The van der Waals surface area contributed by atoms with Gasteiger partial charge in [-0.15, -0.1) is 0 Å². The van der Waals surface area contributed by atoms with E-state index < -0.39 is 0 Å². The highest BCUT2D eigenvalue weighted by molar-refractivity contribution is 14.1. The molecule has 0 N–H and O–H groups in total. The minimum Gasteiger partial charge on any atom is -0.309 e. The number of halogens is 2. The fourth-order valence-corrected chi connectivity index (χ4v) is 5.89. The van der Waals surface area contributed by atoms with Crippen LogP contribution in [0.1, 0.15) is 0 Å². The third kappa shape index (κ3) is 3.04. The van der Waals surface area contributed by atoms with Crippen LogP contribution in [0.3, 0.4) is 0 Å². The van der Waals surface area contributed by atoms with Crippen molar-refractivity contribution in [3.63, 3.8) is 0 Å². The van der Waals surface area contributed by atoms with Crippen LogP contribution in [0.5, 0.6) is 0 Å². The first kappa shape index (κ1) is 20.5. The lowest BCUT2D eigenvalue weighted by molar-refractivity contribution is 1.17. The Morgan fingerprint density at radius 1 is 0.382 bits per heavy atom. The number of aromatic nitrogens is 2. The molecule has 0 bridgehead atoms. The fraction of sp³-hybridized carbons (Fsp3) is 0. The average molecular weight is 660 g/mol. The summed E-state index contributed by atoms with van der Waals surface area (Å²) in [6, 6.07) is 39.8. The van der Waals surface area contributed by atoms with Gasteiger partial charge in [0.1, 0.15) is 0 Å². The van der Waals surface area contributed by atoms with Crippen molar-refractivity contribution in [2.45, 2.75) is 0 Å². The molecule has 34 heavy (non-hydrogen) atoms. The molecule has 0 aliphatic carbocycles. The molecule has 4 heteroatoms. The van der Waals surface area contributed by atoms with Gasteiger partial charge < -0.3 is 9.13 Å². The van der Waals surface area contributed by atoms with Crippen LogP contribution in [0.4, 0.5) is 0 Å². The first-order valence-electron chi connectivity index (χ1n) is 11.2. The number of benzene rings is 5. The maximum absolute atomic E-state index is 2.40. The molecule has 0 saturated heterocycles. The molecule has 0 radical (unpaired) electrons. The van der Waals surface area contributed by atoms with E-state index in [1.165, 1.54) is 62.1 Å². The zero-order valence-electron chi connectivity index (χ0n) is 18.0. The maximum atomic E-state index is 2.40. The monoisotopic (exact) mass is 660 g/mol. The molecule has 2 heterocycles. The Bertz CT molecular complexity index is 1720. The fourth-order valence-electron chi connectivity index (χ4n) is 5.17. The normalized spacial score (nSPS) is 11.8. The Morgan fingerprint density at radius 3 is 1.18 bits per heavy atom. The lowest BCUT2D eigenvalue weighted by Crippen LogP contribution is -1.94. The largest absolute Gasteiger partial charge is 0.309 e. The summed E-state index contributed by atoms with van der Waals surface area (Å²) in [7, 11) is 0. The van der Waals surface area contributed by atoms with E-state index >= 15 is 0 Å². The van der Waals surface area contributed by atoms with Crippen molar-refractivity contribution in [1.82, 2.24) is 9.13 Å². The van der Waals surface area contributed by atoms with Crippen LogP contribution in [0.2, 0.25) is 0 Å². The van der Waals surface area contributed by atoms with E-state index in [4.69, 9.17) is 0 Å². The minimum absolute atomic E-state index is 1.19. The van der Waals surface area contributed by atoms with Crippen molar-refractivity contribution in [2.24, 2.45) is 0 Å². The Balaban J connectivity index is 1.66. The predicted octanol–water partition coefficient (Wildman–Crippen LogP) is 9.09. The topological polar surface area (TPSA) is 9.86 Å². The van der Waals surface area contributed by atoms with E-state index in [-0.39, 0.29) is 0 Å². The number of hydrogen-bond acceptors (Lipinski definition) is 0. The molecule has 5 aromatic carbocycles. The van der Waals surface area contributed by atoms with Gasteiger partial charge in [-0.3, -0.25) is 0 Å². The third-order valence-electron chi connectivity index (χ3n) is 6.64. The Kier molecular flexibility index (Phi) is 4.74. The van der Waals surface area contributed by atoms with Gasteiger partial charge in [0.2, 0.25) is 0 Å². The lowest BCUT2D eigenvalue weighted by atomic mass is 10.1. The molecule has 0 unspecified atom stereocenters. The molecule has 0 atom stereocenters. The van der Waals surface area contributed by atoms with Crippen molar-refractivity contribution in [1.29, 1.82) is 0 Å². The van der Waals surface area contributed by atoms with Crippen molar-refractivity contribution in [2.75, 3.05) is 0 Å². The van der Waals surface area contributed by atoms with Crippen molar-refractivity contribution in [3.8, 4) is 11.4 Å². The molecule has 0 aliphatic heterocycles. The highest BCUT2D eigenvalue weighted by Gasteiger charge is 2.18. The van der Waals surface area contributed by atoms with Crippen LogP contribution < -0.4 is 0 Å². The molecule has 162 valence electrons. The van der Waals surface area contributed by atoms with Crippen molar-refractivity contribution < 1.29 is 0 Å². The zero-order valence-corrected chi connectivity index (χ0v) is 22.4. The minimum atomic E-state index is 1.19. The van der Waals surface area contributed by atoms with Crippen LogP contribution in [0.15, 0.2) is 109 Å². The summed E-state index contributed by atoms with van der Waals surface area (Å²) >= 11 is 4.74. The lowest BCUT2D eigenvalue weighted by Gasteiger charge is -2.09. The number of rotatable bonds is 2. The quantitative estimate of drug-likeness (QED) is 0.164. The second kappa shape index (κ2) is 7.85. The molecular weight excluding hydrogens is 642 g/mol. The van der Waals surface area contributed by atoms with Crippen molar-refractivity contribution >= 4 is 88.8 Å². The molecule has 0 aliphatic rings. The standard InChI is InChI=1S/C30H18I2N2/c31-19-9-13-21(14-10-19)33-27-7-3-1-5-23(27)25-17-30-26(18-29(25)33)24-6-2-4-8-28(24)34(30)22-15-11-20(32)12-16-22/h1-18H. The maximum Gasteiger partial charge on any atom is 0.0548 e. The van der Waals surface area contributed by atoms with E-state index in [0.717, 1.165) is 0 Å². The van der Waals surface area contributed by atoms with E-state index in [1.54, 1.807) is 0 Å². The van der Waals surface area contributed by atoms with Gasteiger partial charge in [-0.25, -0.2) is 0 Å². The molecule has 0 spiro atoms. The predicted molar refractivity (Wildman–Crippen MR) is 161 cm³/mol. The van der Waals surface area contributed by atoms with Gasteiger partial charge in [0.15, 0.2) is 0 Å². The zero-order chi connectivity index (χ0) is 22.8. The Labute approximate surface area is 224 Å². The summed E-state index contributed by atoms with van der Waals surface area (Å²) in [5.74, 6) is 0. The highest BCUT2D eigenvalue weighted by Crippen LogP contribution is 2.39. The molecule has 0 saturated carbocycles. The first-order chi connectivity index (χ1) is 16.7. The summed E-state index contributed by atoms with van der Waals surface area (Å²) in [5, 5.41) is 5.10. The molecule has 7 aromatic rings. The van der Waals surface area contributed by atoms with Crippen LogP contribution in [-0.4, -0.2) is 9.13 Å². The number of hydrogen-bond donors (Lipinski definition) is 0. The number of fused-ring (bicyclic) bond motifs is 6. The Hall–Kier alpha value is -2.84. The van der Waals surface area contributed by atoms with Gasteiger partial charge in [-0.05, 0) is 118 Å². The molecule has 0 amide bonds. The van der Waals surface area contributed by atoms with Gasteiger partial charge in [0.25, 0.3) is 0 Å². The summed E-state index contributed by atoms with van der Waals surface area (Å²) in [5.41, 5.74) is 7.31. The molecule has 2 nitrogen and oxygen atoms in total. The summed E-state index contributed by atoms with van der Waals surface area (Å²) in [6.45, 7) is 0. The molecule has 0 fully saturated rings. The number of para-hydroxylation sites is 2. The SMILES string of the molecule is Ic1ccc(-n2c3ccccc3c3cc4c(cc32)c2ccccc2n4-c2ccc(I)cc2)cc1. The van der Waals surface area contributed by atoms with E-state index in [0.29, 0.717) is 0 Å². The van der Waals surface area contributed by atoms with Crippen LogP contribution in [0.25, 0.3) is 55.0 Å². The van der Waals surface area contributed by atoms with Crippen LogP contribution in [0, 0.1) is 7.14 Å². The summed E-state index contributed by atoms with van der Waals surface area (Å²) in [4.78, 5) is 0. The molecule has 7 rings (SSSR count). The Morgan fingerprint density at radius 2 is 0.765 bits per heavy atom. The summed E-state index contributed by atoms with van der Waals surface area (Å²) in [6.07, 6.45) is 0. The summed E-state index contributed by atoms with van der Waals surface area (Å²) < 4.78 is 7.28. The van der Waals surface area contributed by atoms with Gasteiger partial charge in [-0.2, -0.15) is 0 Å². The average Bonchev–Trinajstić information content (AvgIpc) is 3.36.